The Morgan fingerprint density at radius 3 is 2.45 bits per heavy atom. The van der Waals surface area contributed by atoms with Gasteiger partial charge in [-0.05, 0) is 24.5 Å². The van der Waals surface area contributed by atoms with Gasteiger partial charge in [0.25, 0.3) is 0 Å². The maximum atomic E-state index is 8.87. The van der Waals surface area contributed by atoms with Crippen LogP contribution < -0.4 is 0 Å². The Morgan fingerprint density at radius 2 is 2.00 bits per heavy atom. The molecule has 0 rings (SSSR count). The summed E-state index contributed by atoms with van der Waals surface area (Å²) in [5.74, 6) is 1.53. The molecule has 0 spiro atoms. The van der Waals surface area contributed by atoms with Crippen molar-refractivity contribution in [3.63, 3.8) is 0 Å². The maximum Gasteiger partial charge on any atom is 0.0459 e. The van der Waals surface area contributed by atoms with Gasteiger partial charge in [-0.15, -0.1) is 0 Å². The lowest BCUT2D eigenvalue weighted by Gasteiger charge is -2.09. The van der Waals surface area contributed by atoms with Crippen LogP contribution in [0.4, 0.5) is 0 Å². The van der Waals surface area contributed by atoms with E-state index in [2.05, 4.69) is 19.6 Å². The summed E-state index contributed by atoms with van der Waals surface area (Å²) in [5, 5.41) is 8.87. The van der Waals surface area contributed by atoms with Crippen molar-refractivity contribution in [2.45, 2.75) is 39.0 Å². The van der Waals surface area contributed by atoms with Crippen molar-refractivity contribution in [1.29, 1.82) is 0 Å². The Kier molecular flexibility index (Phi) is 8.64. The molecule has 0 heterocycles. The zero-order chi connectivity index (χ0) is 8.53. The maximum absolute atomic E-state index is 8.87. The molecule has 11 heavy (non-hydrogen) atoms. The van der Waals surface area contributed by atoms with Gasteiger partial charge in [-0.2, -0.15) is 12.6 Å². The molecule has 0 saturated heterocycles. The summed E-state index contributed by atoms with van der Waals surface area (Å²) in [6.07, 6.45) is 6.02. The summed E-state index contributed by atoms with van der Waals surface area (Å²) in [6, 6.07) is 0. The second-order valence-corrected chi connectivity index (χ2v) is 3.48. The normalized spacial score (nSPS) is 13.4. The van der Waals surface area contributed by atoms with Crippen molar-refractivity contribution < 1.29 is 5.11 Å². The van der Waals surface area contributed by atoms with E-state index >= 15 is 0 Å². The van der Waals surface area contributed by atoms with E-state index in [0.29, 0.717) is 12.5 Å². The molecule has 0 amide bonds. The van der Waals surface area contributed by atoms with Crippen molar-refractivity contribution >= 4 is 12.6 Å². The molecular weight excluding hydrogens is 156 g/mol. The number of rotatable bonds is 7. The highest BCUT2D eigenvalue weighted by Crippen LogP contribution is 2.12. The third kappa shape index (κ3) is 6.70. The molecule has 0 aliphatic heterocycles. The Bertz CT molecular complexity index is 72.0. The van der Waals surface area contributed by atoms with Gasteiger partial charge in [-0.1, -0.05) is 26.2 Å². The van der Waals surface area contributed by atoms with Gasteiger partial charge in [0, 0.05) is 6.61 Å². The van der Waals surface area contributed by atoms with E-state index in [-0.39, 0.29) is 0 Å². The highest BCUT2D eigenvalue weighted by Gasteiger charge is 2.02. The van der Waals surface area contributed by atoms with Gasteiger partial charge in [-0.3, -0.25) is 0 Å². The van der Waals surface area contributed by atoms with Crippen LogP contribution in [0.2, 0.25) is 0 Å². The van der Waals surface area contributed by atoms with Crippen LogP contribution in [0, 0.1) is 5.92 Å². The molecule has 1 nitrogen and oxygen atoms in total. The first kappa shape index (κ1) is 11.3. The smallest absolute Gasteiger partial charge is 0.0459 e. The topological polar surface area (TPSA) is 20.2 Å². The molecule has 0 aliphatic rings. The number of unbranched alkanes of at least 4 members (excludes halogenated alkanes) is 2. The average molecular weight is 176 g/mol. The molecule has 0 saturated carbocycles. The van der Waals surface area contributed by atoms with Crippen LogP contribution in [0.3, 0.4) is 0 Å². The van der Waals surface area contributed by atoms with E-state index in [1.54, 1.807) is 0 Å². The number of hydrogen-bond acceptors (Lipinski definition) is 2. The first-order valence-electron chi connectivity index (χ1n) is 4.56. The second-order valence-electron chi connectivity index (χ2n) is 3.03. The highest BCUT2D eigenvalue weighted by atomic mass is 32.1. The summed E-state index contributed by atoms with van der Waals surface area (Å²) in [7, 11) is 0. The molecule has 1 N–H and O–H groups in total. The lowest BCUT2D eigenvalue weighted by atomic mass is 10.00. The molecule has 2 heteroatoms. The minimum absolute atomic E-state index is 0.359. The Hall–Kier alpha value is 0.310. The summed E-state index contributed by atoms with van der Waals surface area (Å²) >= 11 is 4.14. The molecule has 0 radical (unpaired) electrons. The molecular formula is C9H20OS. The third-order valence-corrected chi connectivity index (χ3v) is 2.42. The predicted octanol–water partition coefficient (Wildman–Crippen LogP) is 2.50. The van der Waals surface area contributed by atoms with Gasteiger partial charge in [-0.25, -0.2) is 0 Å². The number of aliphatic hydroxyl groups excluding tert-OH is 1. The molecule has 0 fully saturated rings. The molecule has 1 atom stereocenters. The fraction of sp³-hybridized carbons (Fsp3) is 1.00. The van der Waals surface area contributed by atoms with E-state index in [9.17, 15) is 0 Å². The van der Waals surface area contributed by atoms with Gasteiger partial charge in [0.2, 0.25) is 0 Å². The van der Waals surface area contributed by atoms with Crippen LogP contribution in [0.5, 0.6) is 0 Å². The van der Waals surface area contributed by atoms with Crippen LogP contribution in [-0.2, 0) is 0 Å². The lowest BCUT2D eigenvalue weighted by molar-refractivity contribution is 0.212. The van der Waals surface area contributed by atoms with Crippen LogP contribution >= 0.6 is 12.6 Å². The van der Waals surface area contributed by atoms with E-state index < -0.39 is 0 Å². The SMILES string of the molecule is CCC(CO)CCCCCS. The minimum Gasteiger partial charge on any atom is -0.396 e. The van der Waals surface area contributed by atoms with Gasteiger partial charge in [0.1, 0.15) is 0 Å². The van der Waals surface area contributed by atoms with E-state index in [1.807, 2.05) is 0 Å². The van der Waals surface area contributed by atoms with Crippen molar-refractivity contribution in [3.8, 4) is 0 Å². The summed E-state index contributed by atoms with van der Waals surface area (Å²) in [6.45, 7) is 2.50. The summed E-state index contributed by atoms with van der Waals surface area (Å²) in [4.78, 5) is 0. The molecule has 0 aromatic rings. The van der Waals surface area contributed by atoms with E-state index in [1.165, 1.54) is 25.7 Å². The Labute approximate surface area is 75.6 Å². The second kappa shape index (κ2) is 8.41. The van der Waals surface area contributed by atoms with Crippen molar-refractivity contribution in [2.75, 3.05) is 12.4 Å². The average Bonchev–Trinajstić information content (AvgIpc) is 2.05. The fourth-order valence-electron chi connectivity index (χ4n) is 1.15. The van der Waals surface area contributed by atoms with E-state index in [4.69, 9.17) is 5.11 Å². The van der Waals surface area contributed by atoms with Gasteiger partial charge in [0.05, 0.1) is 0 Å². The van der Waals surface area contributed by atoms with E-state index in [0.717, 1.165) is 12.2 Å². The first-order chi connectivity index (χ1) is 5.35. The quantitative estimate of drug-likeness (QED) is 0.451. The zero-order valence-corrected chi connectivity index (χ0v) is 8.32. The molecule has 0 aromatic heterocycles. The minimum atomic E-state index is 0.359. The van der Waals surface area contributed by atoms with Gasteiger partial charge in [0.15, 0.2) is 0 Å². The Morgan fingerprint density at radius 1 is 1.27 bits per heavy atom. The van der Waals surface area contributed by atoms with Crippen molar-refractivity contribution in [2.24, 2.45) is 5.92 Å². The van der Waals surface area contributed by atoms with Crippen LogP contribution in [-0.4, -0.2) is 17.5 Å². The zero-order valence-electron chi connectivity index (χ0n) is 7.42. The summed E-state index contributed by atoms with van der Waals surface area (Å²) < 4.78 is 0. The largest absolute Gasteiger partial charge is 0.396 e. The molecule has 0 aliphatic carbocycles. The fourth-order valence-corrected chi connectivity index (χ4v) is 1.37. The lowest BCUT2D eigenvalue weighted by Crippen LogP contribution is -2.03. The van der Waals surface area contributed by atoms with Crippen molar-refractivity contribution in [1.82, 2.24) is 0 Å². The van der Waals surface area contributed by atoms with Crippen molar-refractivity contribution in [3.05, 3.63) is 0 Å². The molecule has 1 unspecified atom stereocenters. The number of hydrogen-bond donors (Lipinski definition) is 2. The van der Waals surface area contributed by atoms with Crippen LogP contribution in [0.15, 0.2) is 0 Å². The van der Waals surface area contributed by atoms with Gasteiger partial charge >= 0.3 is 0 Å². The van der Waals surface area contributed by atoms with Crippen LogP contribution in [0.25, 0.3) is 0 Å². The number of thiol groups is 1. The monoisotopic (exact) mass is 176 g/mol. The van der Waals surface area contributed by atoms with Gasteiger partial charge < -0.3 is 5.11 Å². The molecule has 0 aromatic carbocycles. The summed E-state index contributed by atoms with van der Waals surface area (Å²) in [5.41, 5.74) is 0. The molecule has 68 valence electrons. The molecule has 0 bridgehead atoms. The standard InChI is InChI=1S/C9H20OS/c1-2-9(8-10)6-4-3-5-7-11/h9-11H,2-8H2,1H3. The number of aliphatic hydroxyl groups is 1. The Balaban J connectivity index is 3.07. The van der Waals surface area contributed by atoms with Crippen LogP contribution in [0.1, 0.15) is 39.0 Å². The predicted molar refractivity (Wildman–Crippen MR) is 53.2 cm³/mol. The highest BCUT2D eigenvalue weighted by molar-refractivity contribution is 7.80. The first-order valence-corrected chi connectivity index (χ1v) is 5.20. The third-order valence-electron chi connectivity index (χ3n) is 2.11.